The Labute approximate surface area is 211 Å². The Morgan fingerprint density at radius 1 is 1.09 bits per heavy atom. The van der Waals surface area contributed by atoms with Gasteiger partial charge < -0.3 is 29.4 Å². The lowest BCUT2D eigenvalue weighted by atomic mass is 9.91. The van der Waals surface area contributed by atoms with Gasteiger partial charge in [0.15, 0.2) is 5.79 Å². The second kappa shape index (κ2) is 13.5. The van der Waals surface area contributed by atoms with Crippen LogP contribution in [0.2, 0.25) is 0 Å². The van der Waals surface area contributed by atoms with Crippen LogP contribution in [0.25, 0.3) is 0 Å². The first-order valence-electron chi connectivity index (χ1n) is 13.1. The summed E-state index contributed by atoms with van der Waals surface area (Å²) in [4.78, 5) is 12.6. The molecule has 2 N–H and O–H groups in total. The summed E-state index contributed by atoms with van der Waals surface area (Å²) in [7, 11) is 0. The molecular formula is C28H47NO6. The molecule has 1 aliphatic rings. The molecule has 0 bridgehead atoms. The zero-order valence-electron chi connectivity index (χ0n) is 22.7. The Bertz CT molecular complexity index is 776. The molecule has 2 rings (SSSR count). The van der Waals surface area contributed by atoms with Crippen molar-refractivity contribution < 1.29 is 28.8 Å². The number of ether oxygens (including phenoxy) is 4. The van der Waals surface area contributed by atoms with Crippen LogP contribution >= 0.6 is 0 Å². The Morgan fingerprint density at radius 3 is 2.37 bits per heavy atom. The molecule has 0 radical (unpaired) electrons. The van der Waals surface area contributed by atoms with Crippen molar-refractivity contribution in [3.63, 3.8) is 0 Å². The number of hydrogen-bond donors (Lipinski definition) is 2. The van der Waals surface area contributed by atoms with E-state index in [0.717, 1.165) is 23.3 Å². The van der Waals surface area contributed by atoms with E-state index in [0.29, 0.717) is 32.7 Å². The molecule has 0 aromatic heterocycles. The topological polar surface area (TPSA) is 86.3 Å². The van der Waals surface area contributed by atoms with Crippen LogP contribution in [-0.4, -0.2) is 47.9 Å². The number of unbranched alkanes of at least 4 members (excludes halogenated alkanes) is 5. The number of hydrogen-bond acceptors (Lipinski definition) is 6. The molecule has 1 amide bonds. The fourth-order valence-electron chi connectivity index (χ4n) is 4.01. The van der Waals surface area contributed by atoms with Gasteiger partial charge in [0.2, 0.25) is 0 Å². The number of aliphatic hydroxyl groups excluding tert-OH is 1. The second-order valence-corrected chi connectivity index (χ2v) is 11.1. The van der Waals surface area contributed by atoms with Gasteiger partial charge in [0, 0.05) is 5.56 Å². The third-order valence-corrected chi connectivity index (χ3v) is 6.10. The van der Waals surface area contributed by atoms with Gasteiger partial charge >= 0.3 is 6.09 Å². The number of nitrogens with one attached hydrogen (secondary N) is 1. The average Bonchev–Trinajstić information content (AvgIpc) is 2.78. The zero-order chi connectivity index (χ0) is 26.0. The molecule has 1 aliphatic heterocycles. The van der Waals surface area contributed by atoms with Crippen LogP contribution in [0, 0.1) is 0 Å². The molecule has 0 atom stereocenters. The molecule has 7 nitrogen and oxygen atoms in total. The summed E-state index contributed by atoms with van der Waals surface area (Å²) in [5, 5.41) is 12.9. The minimum absolute atomic E-state index is 0.0820. The number of rotatable bonds is 13. The van der Waals surface area contributed by atoms with E-state index in [1.165, 1.54) is 32.1 Å². The molecule has 0 spiro atoms. The minimum atomic E-state index is -0.704. The van der Waals surface area contributed by atoms with E-state index in [1.54, 1.807) is 0 Å². The molecule has 1 saturated heterocycles. The second-order valence-electron chi connectivity index (χ2n) is 11.1. The maximum atomic E-state index is 12.6. The predicted molar refractivity (Wildman–Crippen MR) is 138 cm³/mol. The molecule has 0 unspecified atom stereocenters. The lowest BCUT2D eigenvalue weighted by molar-refractivity contribution is -0.271. The normalized spacial score (nSPS) is 17.1. The van der Waals surface area contributed by atoms with Gasteiger partial charge in [-0.1, -0.05) is 45.1 Å². The Balaban J connectivity index is 1.97. The number of aryl methyl sites for hydroxylation is 1. The highest BCUT2D eigenvalue weighted by Gasteiger charge is 2.42. The van der Waals surface area contributed by atoms with Crippen molar-refractivity contribution in [2.75, 3.05) is 19.8 Å². The Morgan fingerprint density at radius 2 is 1.74 bits per heavy atom. The van der Waals surface area contributed by atoms with E-state index in [-0.39, 0.29) is 6.61 Å². The van der Waals surface area contributed by atoms with Crippen molar-refractivity contribution in [2.24, 2.45) is 0 Å². The maximum Gasteiger partial charge on any atom is 0.408 e. The lowest BCUT2D eigenvalue weighted by Crippen LogP contribution is -2.61. The molecule has 1 aromatic rings. The highest BCUT2D eigenvalue weighted by atomic mass is 16.7. The predicted octanol–water partition coefficient (Wildman–Crippen LogP) is 5.90. The summed E-state index contributed by atoms with van der Waals surface area (Å²) in [6, 6.07) is 5.93. The van der Waals surface area contributed by atoms with Gasteiger partial charge in [-0.05, 0) is 71.6 Å². The van der Waals surface area contributed by atoms with Crippen LogP contribution in [0.3, 0.4) is 0 Å². The lowest BCUT2D eigenvalue weighted by Gasteiger charge is -2.44. The first-order valence-corrected chi connectivity index (χ1v) is 13.1. The van der Waals surface area contributed by atoms with Gasteiger partial charge in [0.1, 0.15) is 11.4 Å². The fraction of sp³-hybridized carbons (Fsp3) is 0.750. The summed E-state index contributed by atoms with van der Waals surface area (Å²) in [6.45, 7) is 12.7. The van der Waals surface area contributed by atoms with E-state index >= 15 is 0 Å². The van der Waals surface area contributed by atoms with E-state index in [9.17, 15) is 9.90 Å². The third kappa shape index (κ3) is 10.8. The van der Waals surface area contributed by atoms with Crippen LogP contribution in [0.1, 0.15) is 97.6 Å². The van der Waals surface area contributed by atoms with Gasteiger partial charge in [-0.15, -0.1) is 0 Å². The standard InChI is InChI=1S/C28H47NO6/c1-7-8-9-10-11-12-17-32-24-14-13-22(18-23(24)19-30)15-16-28(20-33-27(5,6)34-21-28)29-25(31)35-26(2,3)4/h13-14,18,30H,7-12,15-17,19-21H2,1-6H3,(H,29,31). The van der Waals surface area contributed by atoms with Crippen LogP contribution in [0.5, 0.6) is 5.75 Å². The van der Waals surface area contributed by atoms with Gasteiger partial charge in [0.05, 0.1) is 32.0 Å². The van der Waals surface area contributed by atoms with Gasteiger partial charge in [-0.3, -0.25) is 0 Å². The number of carbonyl (C=O) groups is 1. The Kier molecular flexibility index (Phi) is 11.3. The van der Waals surface area contributed by atoms with Gasteiger partial charge in [0.25, 0.3) is 0 Å². The molecule has 200 valence electrons. The van der Waals surface area contributed by atoms with Gasteiger partial charge in [-0.2, -0.15) is 0 Å². The van der Waals surface area contributed by atoms with Crippen LogP contribution in [-0.2, 0) is 27.2 Å². The molecule has 1 heterocycles. The number of carbonyl (C=O) groups excluding carboxylic acids is 1. The minimum Gasteiger partial charge on any atom is -0.493 e. The summed E-state index contributed by atoms with van der Waals surface area (Å²) in [6.07, 6.45) is 8.04. The van der Waals surface area contributed by atoms with Gasteiger partial charge in [-0.25, -0.2) is 4.79 Å². The molecule has 7 heteroatoms. The maximum absolute atomic E-state index is 12.6. The van der Waals surface area contributed by atoms with Crippen molar-refractivity contribution >= 4 is 6.09 Å². The summed E-state index contributed by atoms with van der Waals surface area (Å²) < 4.78 is 23.2. The smallest absolute Gasteiger partial charge is 0.408 e. The van der Waals surface area contributed by atoms with E-state index in [4.69, 9.17) is 18.9 Å². The van der Waals surface area contributed by atoms with Crippen LogP contribution in [0.4, 0.5) is 4.79 Å². The SMILES string of the molecule is CCCCCCCCOc1ccc(CCC2(NC(=O)OC(C)(C)C)COC(C)(C)OC2)cc1CO. The number of benzene rings is 1. The fourth-order valence-corrected chi connectivity index (χ4v) is 4.01. The molecule has 35 heavy (non-hydrogen) atoms. The highest BCUT2D eigenvalue weighted by Crippen LogP contribution is 2.29. The average molecular weight is 494 g/mol. The van der Waals surface area contributed by atoms with Crippen molar-refractivity contribution in [1.29, 1.82) is 0 Å². The monoisotopic (exact) mass is 493 g/mol. The third-order valence-electron chi connectivity index (χ3n) is 6.10. The first kappa shape index (κ1) is 29.4. The molecule has 0 saturated carbocycles. The number of amides is 1. The number of aliphatic hydroxyl groups is 1. The molecule has 0 aliphatic carbocycles. The first-order chi connectivity index (χ1) is 16.5. The van der Waals surface area contributed by atoms with Crippen LogP contribution < -0.4 is 10.1 Å². The van der Waals surface area contributed by atoms with Crippen molar-refractivity contribution in [1.82, 2.24) is 5.32 Å². The highest BCUT2D eigenvalue weighted by molar-refractivity contribution is 5.69. The van der Waals surface area contributed by atoms with E-state index < -0.39 is 23.0 Å². The molecule has 1 aromatic carbocycles. The quantitative estimate of drug-likeness (QED) is 0.333. The summed E-state index contributed by atoms with van der Waals surface area (Å²) in [5.41, 5.74) is 0.531. The van der Waals surface area contributed by atoms with Crippen molar-refractivity contribution in [3.05, 3.63) is 29.3 Å². The number of alkyl carbamates (subject to hydrolysis) is 1. The van der Waals surface area contributed by atoms with Crippen LogP contribution in [0.15, 0.2) is 18.2 Å². The Hall–Kier alpha value is -1.83. The largest absolute Gasteiger partial charge is 0.493 e. The zero-order valence-corrected chi connectivity index (χ0v) is 22.7. The summed E-state index contributed by atoms with van der Waals surface area (Å²) >= 11 is 0. The molecular weight excluding hydrogens is 446 g/mol. The van der Waals surface area contributed by atoms with Crippen molar-refractivity contribution in [2.45, 2.75) is 116 Å². The summed E-state index contributed by atoms with van der Waals surface area (Å²) in [5.74, 6) is 0.0375. The van der Waals surface area contributed by atoms with E-state index in [2.05, 4.69) is 12.2 Å². The van der Waals surface area contributed by atoms with E-state index in [1.807, 2.05) is 52.8 Å². The van der Waals surface area contributed by atoms with Crippen molar-refractivity contribution in [3.8, 4) is 5.75 Å². The molecule has 1 fully saturated rings.